The van der Waals surface area contributed by atoms with E-state index in [2.05, 4.69) is 20.8 Å². The van der Waals surface area contributed by atoms with Crippen molar-refractivity contribution in [2.75, 3.05) is 12.4 Å². The molecule has 2 amide bonds. The maximum atomic E-state index is 12.0. The Kier molecular flexibility index (Phi) is 3.70. The average Bonchev–Trinajstić information content (AvgIpc) is 3.04. The molecule has 2 N–H and O–H groups in total. The molecule has 0 spiro atoms. The minimum atomic E-state index is -0.355. The van der Waals surface area contributed by atoms with Gasteiger partial charge in [-0.25, -0.2) is 4.98 Å². The summed E-state index contributed by atoms with van der Waals surface area (Å²) in [6.45, 7) is 0. The van der Waals surface area contributed by atoms with E-state index in [9.17, 15) is 9.59 Å². The minimum absolute atomic E-state index is 0.122. The smallest absolute Gasteiger partial charge is 0.279 e. The third-order valence-electron chi connectivity index (χ3n) is 3.13. The number of likely N-dealkylation sites (N-methyl/N-ethyl adjacent to an activating group) is 1. The molecule has 2 aromatic heterocycles. The van der Waals surface area contributed by atoms with Crippen LogP contribution in [0.2, 0.25) is 0 Å². The first-order valence-electron chi connectivity index (χ1n) is 6.58. The van der Waals surface area contributed by atoms with E-state index in [0.29, 0.717) is 16.7 Å². The van der Waals surface area contributed by atoms with Crippen LogP contribution in [0.3, 0.4) is 0 Å². The second-order valence-corrected chi connectivity index (χ2v) is 5.69. The summed E-state index contributed by atoms with van der Waals surface area (Å²) in [5.41, 5.74) is 0.869. The summed E-state index contributed by atoms with van der Waals surface area (Å²) in [7, 11) is 1.57. The number of nitrogens with zero attached hydrogens (tertiary/aromatic N) is 2. The predicted molar refractivity (Wildman–Crippen MR) is 76.3 cm³/mol. The maximum Gasteiger partial charge on any atom is 0.279 e. The molecule has 2 aromatic rings. The molecular weight excluding hydrogens is 292 g/mol. The highest BCUT2D eigenvalue weighted by molar-refractivity contribution is 7.14. The third-order valence-corrected chi connectivity index (χ3v) is 3.94. The van der Waals surface area contributed by atoms with Crippen LogP contribution in [0, 0.1) is 0 Å². The monoisotopic (exact) mass is 306 g/mol. The lowest BCUT2D eigenvalue weighted by molar-refractivity contribution is -0.120. The van der Waals surface area contributed by atoms with Gasteiger partial charge in [-0.05, 0) is 12.8 Å². The Morgan fingerprint density at radius 1 is 1.48 bits per heavy atom. The number of nitrogens with one attached hydrogen (secondary N) is 2. The van der Waals surface area contributed by atoms with E-state index in [0.717, 1.165) is 18.6 Å². The van der Waals surface area contributed by atoms with Gasteiger partial charge in [-0.1, -0.05) is 5.16 Å². The first kappa shape index (κ1) is 13.7. The molecule has 2 heterocycles. The number of rotatable bonds is 5. The second-order valence-electron chi connectivity index (χ2n) is 4.84. The van der Waals surface area contributed by atoms with Crippen molar-refractivity contribution in [3.8, 4) is 0 Å². The Bertz CT molecular complexity index is 675. The number of anilines is 1. The van der Waals surface area contributed by atoms with E-state index in [1.54, 1.807) is 18.5 Å². The number of amides is 2. The van der Waals surface area contributed by atoms with Crippen molar-refractivity contribution in [2.24, 2.45) is 0 Å². The van der Waals surface area contributed by atoms with Gasteiger partial charge >= 0.3 is 0 Å². The van der Waals surface area contributed by atoms with Gasteiger partial charge in [0.25, 0.3) is 5.91 Å². The summed E-state index contributed by atoms with van der Waals surface area (Å²) < 4.78 is 5.14. The van der Waals surface area contributed by atoms with Gasteiger partial charge in [-0.2, -0.15) is 0 Å². The number of carbonyl (C=O) groups excluding carboxylic acids is 2. The molecule has 21 heavy (non-hydrogen) atoms. The zero-order valence-corrected chi connectivity index (χ0v) is 12.2. The van der Waals surface area contributed by atoms with Gasteiger partial charge in [0.15, 0.2) is 10.8 Å². The number of thiazole rings is 1. The SMILES string of the molecule is CNC(=O)Cc1csc(NC(=O)c2cc(C3CC3)on2)n1. The van der Waals surface area contributed by atoms with Crippen LogP contribution in [-0.4, -0.2) is 29.0 Å². The van der Waals surface area contributed by atoms with Crippen LogP contribution in [0.5, 0.6) is 0 Å². The summed E-state index contributed by atoms with van der Waals surface area (Å²) in [4.78, 5) is 27.4. The highest BCUT2D eigenvalue weighted by Gasteiger charge is 2.29. The zero-order chi connectivity index (χ0) is 14.8. The Labute approximate surface area is 124 Å². The topological polar surface area (TPSA) is 97.1 Å². The van der Waals surface area contributed by atoms with Crippen LogP contribution in [0.15, 0.2) is 16.0 Å². The van der Waals surface area contributed by atoms with Crippen LogP contribution in [-0.2, 0) is 11.2 Å². The molecule has 0 radical (unpaired) electrons. The molecule has 0 saturated heterocycles. The highest BCUT2D eigenvalue weighted by atomic mass is 32.1. The molecule has 1 aliphatic rings. The molecule has 110 valence electrons. The molecule has 3 rings (SSSR count). The highest BCUT2D eigenvalue weighted by Crippen LogP contribution is 2.40. The van der Waals surface area contributed by atoms with Gasteiger partial charge in [0.2, 0.25) is 5.91 Å². The molecule has 0 atom stereocenters. The fourth-order valence-electron chi connectivity index (χ4n) is 1.82. The van der Waals surface area contributed by atoms with Crippen LogP contribution in [0.1, 0.15) is 40.7 Å². The first-order valence-corrected chi connectivity index (χ1v) is 7.46. The third kappa shape index (κ3) is 3.27. The second kappa shape index (κ2) is 5.65. The van der Waals surface area contributed by atoms with E-state index < -0.39 is 0 Å². The van der Waals surface area contributed by atoms with Gasteiger partial charge < -0.3 is 9.84 Å². The van der Waals surface area contributed by atoms with Crippen molar-refractivity contribution in [3.05, 3.63) is 28.6 Å². The van der Waals surface area contributed by atoms with Crippen molar-refractivity contribution >= 4 is 28.3 Å². The van der Waals surface area contributed by atoms with Gasteiger partial charge in [0.05, 0.1) is 12.1 Å². The largest absolute Gasteiger partial charge is 0.360 e. The molecule has 0 unspecified atom stereocenters. The van der Waals surface area contributed by atoms with Gasteiger partial charge in [-0.15, -0.1) is 11.3 Å². The van der Waals surface area contributed by atoms with Gasteiger partial charge in [0, 0.05) is 24.4 Å². The van der Waals surface area contributed by atoms with Crippen LogP contribution < -0.4 is 10.6 Å². The van der Waals surface area contributed by atoms with Gasteiger partial charge in [0.1, 0.15) is 5.76 Å². The number of hydrogen-bond donors (Lipinski definition) is 2. The molecule has 1 aliphatic carbocycles. The fourth-order valence-corrected chi connectivity index (χ4v) is 2.52. The lowest BCUT2D eigenvalue weighted by Crippen LogP contribution is -2.20. The summed E-state index contributed by atoms with van der Waals surface area (Å²) in [6.07, 6.45) is 2.37. The number of hydrogen-bond acceptors (Lipinski definition) is 6. The summed E-state index contributed by atoms with van der Waals surface area (Å²) in [5, 5.41) is 11.1. The quantitative estimate of drug-likeness (QED) is 0.873. The van der Waals surface area contributed by atoms with E-state index in [1.165, 1.54) is 11.3 Å². The Balaban J connectivity index is 1.62. The van der Waals surface area contributed by atoms with Crippen molar-refractivity contribution in [3.63, 3.8) is 0 Å². The number of carbonyl (C=O) groups is 2. The molecule has 1 saturated carbocycles. The first-order chi connectivity index (χ1) is 10.2. The van der Waals surface area contributed by atoms with Crippen molar-refractivity contribution in [2.45, 2.75) is 25.2 Å². The Morgan fingerprint density at radius 3 is 3.00 bits per heavy atom. The van der Waals surface area contributed by atoms with E-state index in [4.69, 9.17) is 4.52 Å². The van der Waals surface area contributed by atoms with E-state index in [1.807, 2.05) is 0 Å². The van der Waals surface area contributed by atoms with E-state index >= 15 is 0 Å². The van der Waals surface area contributed by atoms with Crippen LogP contribution in [0.4, 0.5) is 5.13 Å². The fraction of sp³-hybridized carbons (Fsp3) is 0.385. The van der Waals surface area contributed by atoms with Crippen molar-refractivity contribution < 1.29 is 14.1 Å². The molecule has 1 fully saturated rings. The molecule has 0 aliphatic heterocycles. The maximum absolute atomic E-state index is 12.0. The van der Waals surface area contributed by atoms with Crippen molar-refractivity contribution in [1.82, 2.24) is 15.5 Å². The Hall–Kier alpha value is -2.22. The minimum Gasteiger partial charge on any atom is -0.360 e. The lowest BCUT2D eigenvalue weighted by Gasteiger charge is -1.97. The summed E-state index contributed by atoms with van der Waals surface area (Å²) >= 11 is 1.27. The molecule has 0 aromatic carbocycles. The normalized spacial score (nSPS) is 14.0. The van der Waals surface area contributed by atoms with Crippen LogP contribution in [0.25, 0.3) is 0 Å². The number of aromatic nitrogens is 2. The average molecular weight is 306 g/mol. The van der Waals surface area contributed by atoms with E-state index in [-0.39, 0.29) is 23.9 Å². The molecular formula is C13H14N4O3S. The molecule has 8 heteroatoms. The molecule has 7 nitrogen and oxygen atoms in total. The zero-order valence-electron chi connectivity index (χ0n) is 11.4. The van der Waals surface area contributed by atoms with Crippen molar-refractivity contribution in [1.29, 1.82) is 0 Å². The van der Waals surface area contributed by atoms with Crippen LogP contribution >= 0.6 is 11.3 Å². The summed E-state index contributed by atoms with van der Waals surface area (Å²) in [5.74, 6) is 0.702. The standard InChI is InChI=1S/C13H14N4O3S/c1-14-11(18)4-8-6-21-13(15-8)16-12(19)9-5-10(20-17-9)7-2-3-7/h5-7H,2-4H2,1H3,(H,14,18)(H,15,16,19). The lowest BCUT2D eigenvalue weighted by atomic mass is 10.3. The summed E-state index contributed by atoms with van der Waals surface area (Å²) in [6, 6.07) is 1.67. The van der Waals surface area contributed by atoms with Gasteiger partial charge in [-0.3, -0.25) is 14.9 Å². The Morgan fingerprint density at radius 2 is 2.29 bits per heavy atom. The molecule has 0 bridgehead atoms. The predicted octanol–water partition coefficient (Wildman–Crippen LogP) is 1.55.